The number of hydrogen-bond acceptors (Lipinski definition) is 2. The van der Waals surface area contributed by atoms with Gasteiger partial charge in [0.05, 0.1) is 0 Å². The van der Waals surface area contributed by atoms with Crippen molar-refractivity contribution >= 4 is 5.97 Å². The molecule has 1 aliphatic carbocycles. The van der Waals surface area contributed by atoms with Gasteiger partial charge in [-0.05, 0) is 31.0 Å². The Morgan fingerprint density at radius 3 is 2.60 bits per heavy atom. The van der Waals surface area contributed by atoms with E-state index in [2.05, 4.69) is 0 Å². The van der Waals surface area contributed by atoms with Crippen LogP contribution in [0.5, 0.6) is 5.75 Å². The Kier molecular flexibility index (Phi) is 2.18. The van der Waals surface area contributed by atoms with Gasteiger partial charge in [0.1, 0.15) is 5.75 Å². The summed E-state index contributed by atoms with van der Waals surface area (Å²) in [6, 6.07) is 5.70. The highest BCUT2D eigenvalue weighted by atomic mass is 16.5. The van der Waals surface area contributed by atoms with Crippen LogP contribution in [0.4, 0.5) is 0 Å². The van der Waals surface area contributed by atoms with Crippen LogP contribution in [0.15, 0.2) is 18.2 Å². The van der Waals surface area contributed by atoms with Gasteiger partial charge >= 0.3 is 5.97 Å². The summed E-state index contributed by atoms with van der Waals surface area (Å²) in [4.78, 5) is 11.0. The topological polar surface area (TPSA) is 46.5 Å². The maximum Gasteiger partial charge on any atom is 0.348 e. The van der Waals surface area contributed by atoms with E-state index in [4.69, 9.17) is 9.84 Å². The molecule has 15 heavy (non-hydrogen) atoms. The number of rotatable bonds is 3. The Morgan fingerprint density at radius 2 is 2.07 bits per heavy atom. The minimum absolute atomic E-state index is 0.607. The molecule has 0 aliphatic heterocycles. The third kappa shape index (κ3) is 1.69. The molecule has 80 valence electrons. The zero-order valence-corrected chi connectivity index (χ0v) is 8.91. The molecule has 1 fully saturated rings. The van der Waals surface area contributed by atoms with Crippen LogP contribution in [-0.2, 0) is 4.79 Å². The first-order valence-electron chi connectivity index (χ1n) is 5.04. The van der Waals surface area contributed by atoms with E-state index in [0.717, 1.165) is 11.1 Å². The number of ether oxygens (including phenoxy) is 1. The maximum atomic E-state index is 11.0. The Hall–Kier alpha value is -1.51. The highest BCUT2D eigenvalue weighted by Gasteiger charge is 2.53. The summed E-state index contributed by atoms with van der Waals surface area (Å²) in [5.74, 6) is -0.168. The molecule has 1 N–H and O–H groups in total. The molecule has 1 aromatic rings. The first-order chi connectivity index (χ1) is 7.05. The lowest BCUT2D eigenvalue weighted by Gasteiger charge is -2.16. The van der Waals surface area contributed by atoms with Crippen molar-refractivity contribution in [3.05, 3.63) is 29.3 Å². The van der Waals surface area contributed by atoms with Crippen molar-refractivity contribution in [2.45, 2.75) is 32.3 Å². The van der Waals surface area contributed by atoms with Gasteiger partial charge in [-0.1, -0.05) is 12.1 Å². The van der Waals surface area contributed by atoms with Crippen LogP contribution >= 0.6 is 0 Å². The summed E-state index contributed by atoms with van der Waals surface area (Å²) in [5.41, 5.74) is 1.19. The standard InChI is InChI=1S/C12H14O3/c1-8-4-3-5-10(9(8)2)15-12(6-7-12)11(13)14/h3-5H,6-7H2,1-2H3,(H,13,14). The summed E-state index contributed by atoms with van der Waals surface area (Å²) >= 11 is 0. The van der Waals surface area contributed by atoms with Crippen molar-refractivity contribution < 1.29 is 14.6 Å². The van der Waals surface area contributed by atoms with Crippen LogP contribution in [0.2, 0.25) is 0 Å². The molecule has 0 spiro atoms. The second-order valence-corrected chi connectivity index (χ2v) is 4.10. The molecular formula is C12H14O3. The first-order valence-corrected chi connectivity index (χ1v) is 5.04. The SMILES string of the molecule is Cc1cccc(OC2(C(=O)O)CC2)c1C. The van der Waals surface area contributed by atoms with Gasteiger partial charge in [0.15, 0.2) is 0 Å². The predicted molar refractivity (Wildman–Crippen MR) is 56.1 cm³/mol. The molecule has 0 amide bonds. The smallest absolute Gasteiger partial charge is 0.348 e. The van der Waals surface area contributed by atoms with Gasteiger partial charge in [-0.25, -0.2) is 4.79 Å². The van der Waals surface area contributed by atoms with Gasteiger partial charge in [-0.2, -0.15) is 0 Å². The van der Waals surface area contributed by atoms with Crippen molar-refractivity contribution in [2.24, 2.45) is 0 Å². The fourth-order valence-corrected chi connectivity index (χ4v) is 1.52. The van der Waals surface area contributed by atoms with Crippen LogP contribution in [0.3, 0.4) is 0 Å². The summed E-state index contributed by atoms with van der Waals surface area (Å²) in [6.45, 7) is 3.94. The van der Waals surface area contributed by atoms with Crippen LogP contribution in [0, 0.1) is 13.8 Å². The van der Waals surface area contributed by atoms with Crippen molar-refractivity contribution in [3.63, 3.8) is 0 Å². The summed E-state index contributed by atoms with van der Waals surface area (Å²) < 4.78 is 5.59. The van der Waals surface area contributed by atoms with Crippen molar-refractivity contribution in [2.75, 3.05) is 0 Å². The third-order valence-corrected chi connectivity index (χ3v) is 2.95. The quantitative estimate of drug-likeness (QED) is 0.825. The number of aliphatic carboxylic acids is 1. The zero-order valence-electron chi connectivity index (χ0n) is 8.91. The minimum Gasteiger partial charge on any atom is -0.478 e. The molecular weight excluding hydrogens is 192 g/mol. The lowest BCUT2D eigenvalue weighted by atomic mass is 10.1. The number of carboxylic acids is 1. The highest BCUT2D eigenvalue weighted by molar-refractivity contribution is 5.81. The average Bonchev–Trinajstić information content (AvgIpc) is 2.94. The normalized spacial score (nSPS) is 17.2. The van der Waals surface area contributed by atoms with Gasteiger partial charge in [-0.3, -0.25) is 0 Å². The Balaban J connectivity index is 2.25. The Labute approximate surface area is 88.7 Å². The predicted octanol–water partition coefficient (Wildman–Crippen LogP) is 2.30. The van der Waals surface area contributed by atoms with E-state index >= 15 is 0 Å². The monoisotopic (exact) mass is 206 g/mol. The fraction of sp³-hybridized carbons (Fsp3) is 0.417. The van der Waals surface area contributed by atoms with E-state index < -0.39 is 11.6 Å². The molecule has 1 saturated carbocycles. The molecule has 0 aromatic heterocycles. The second-order valence-electron chi connectivity index (χ2n) is 4.10. The molecule has 2 rings (SSSR count). The first kappa shape index (κ1) is 10.0. The number of hydrogen-bond donors (Lipinski definition) is 1. The van der Waals surface area contributed by atoms with Crippen LogP contribution in [0.25, 0.3) is 0 Å². The largest absolute Gasteiger partial charge is 0.478 e. The number of aryl methyl sites for hydroxylation is 1. The van der Waals surface area contributed by atoms with Crippen LogP contribution < -0.4 is 4.74 Å². The van der Waals surface area contributed by atoms with E-state index in [1.807, 2.05) is 32.0 Å². The third-order valence-electron chi connectivity index (χ3n) is 2.95. The van der Waals surface area contributed by atoms with Gasteiger partial charge in [-0.15, -0.1) is 0 Å². The molecule has 0 saturated heterocycles. The van der Waals surface area contributed by atoms with Crippen molar-refractivity contribution in [3.8, 4) is 5.75 Å². The molecule has 0 unspecified atom stereocenters. The molecule has 1 aliphatic rings. The second kappa shape index (κ2) is 3.26. The van der Waals surface area contributed by atoms with Gasteiger partial charge in [0.2, 0.25) is 5.60 Å². The molecule has 1 aromatic carbocycles. The lowest BCUT2D eigenvalue weighted by Crippen LogP contribution is -2.29. The summed E-state index contributed by atoms with van der Waals surface area (Å²) in [5, 5.41) is 9.00. The van der Waals surface area contributed by atoms with Crippen LogP contribution in [-0.4, -0.2) is 16.7 Å². The van der Waals surface area contributed by atoms with E-state index in [9.17, 15) is 4.79 Å². The molecule has 0 radical (unpaired) electrons. The number of carboxylic acid groups (broad SMARTS) is 1. The van der Waals surface area contributed by atoms with Crippen molar-refractivity contribution in [1.82, 2.24) is 0 Å². The molecule has 3 heteroatoms. The van der Waals surface area contributed by atoms with E-state index in [1.54, 1.807) is 0 Å². The van der Waals surface area contributed by atoms with Gasteiger partial charge in [0.25, 0.3) is 0 Å². The summed E-state index contributed by atoms with van der Waals surface area (Å²) in [6.07, 6.45) is 1.21. The Morgan fingerprint density at radius 1 is 1.40 bits per heavy atom. The van der Waals surface area contributed by atoms with Gasteiger partial charge < -0.3 is 9.84 Å². The zero-order chi connectivity index (χ0) is 11.1. The van der Waals surface area contributed by atoms with Crippen LogP contribution in [0.1, 0.15) is 24.0 Å². The lowest BCUT2D eigenvalue weighted by molar-refractivity contribution is -0.147. The molecule has 0 atom stereocenters. The minimum atomic E-state index is -0.946. The van der Waals surface area contributed by atoms with E-state index in [-0.39, 0.29) is 0 Å². The molecule has 3 nitrogen and oxygen atoms in total. The average molecular weight is 206 g/mol. The number of benzene rings is 1. The number of carbonyl (C=O) groups is 1. The molecule has 0 heterocycles. The van der Waals surface area contributed by atoms with E-state index in [1.165, 1.54) is 0 Å². The fourth-order valence-electron chi connectivity index (χ4n) is 1.52. The molecule has 0 bridgehead atoms. The van der Waals surface area contributed by atoms with Crippen molar-refractivity contribution in [1.29, 1.82) is 0 Å². The highest BCUT2D eigenvalue weighted by Crippen LogP contribution is 2.41. The summed E-state index contributed by atoms with van der Waals surface area (Å²) in [7, 11) is 0. The maximum absolute atomic E-state index is 11.0. The van der Waals surface area contributed by atoms with Gasteiger partial charge in [0, 0.05) is 12.8 Å². The Bertz CT molecular complexity index is 405. The van der Waals surface area contributed by atoms with E-state index in [0.29, 0.717) is 18.6 Å².